The predicted molar refractivity (Wildman–Crippen MR) is 101 cm³/mol. The smallest absolute Gasteiger partial charge is 0.328 e. The number of carboxylic acids is 1. The maximum absolute atomic E-state index is 10.8. The van der Waals surface area contributed by atoms with E-state index >= 15 is 0 Å². The fraction of sp³-hybridized carbons (Fsp3) is 0.263. The molecule has 0 amide bonds. The second-order valence-corrected chi connectivity index (χ2v) is 6.31. The number of hydrogen-bond acceptors (Lipinski definition) is 6. The molecule has 8 nitrogen and oxygen atoms in total. The van der Waals surface area contributed by atoms with E-state index in [4.69, 9.17) is 9.84 Å². The van der Waals surface area contributed by atoms with Crippen molar-refractivity contribution >= 4 is 29.0 Å². The van der Waals surface area contributed by atoms with Gasteiger partial charge in [-0.1, -0.05) is 18.2 Å². The Bertz CT molecular complexity index is 984. The van der Waals surface area contributed by atoms with Crippen LogP contribution >= 0.6 is 0 Å². The van der Waals surface area contributed by atoms with Crippen molar-refractivity contribution in [2.45, 2.75) is 18.9 Å². The number of anilines is 1. The third kappa shape index (κ3) is 3.59. The predicted octanol–water partition coefficient (Wildman–Crippen LogP) is 2.50. The molecule has 1 aromatic carbocycles. The number of fused-ring (bicyclic) bond motifs is 1. The average Bonchev–Trinajstić information content (AvgIpc) is 3.34. The van der Waals surface area contributed by atoms with E-state index in [1.807, 2.05) is 24.3 Å². The number of carboxylic acid groups (broad SMARTS) is 1. The van der Waals surface area contributed by atoms with E-state index in [9.17, 15) is 4.79 Å². The second-order valence-electron chi connectivity index (χ2n) is 6.31. The van der Waals surface area contributed by atoms with Crippen LogP contribution < -0.4 is 9.64 Å². The first-order valence-electron chi connectivity index (χ1n) is 8.76. The zero-order chi connectivity index (χ0) is 18.6. The monoisotopic (exact) mass is 365 g/mol. The number of carbonyl (C=O) groups is 1. The highest BCUT2D eigenvalue weighted by Crippen LogP contribution is 2.29. The van der Waals surface area contributed by atoms with Crippen LogP contribution in [0.3, 0.4) is 0 Å². The van der Waals surface area contributed by atoms with Crippen LogP contribution in [0.4, 0.5) is 5.82 Å². The Labute approximate surface area is 155 Å². The van der Waals surface area contributed by atoms with Crippen LogP contribution in [0.1, 0.15) is 18.4 Å². The van der Waals surface area contributed by atoms with E-state index in [0.29, 0.717) is 18.0 Å². The van der Waals surface area contributed by atoms with Crippen molar-refractivity contribution in [3.8, 4) is 5.75 Å². The lowest BCUT2D eigenvalue weighted by Crippen LogP contribution is -2.35. The standard InChI is InChI=1S/C19H19N5O3/c25-16(26)8-7-13-4-1-2-6-15(13)27-10-14-5-3-9-24(14)19-17-18(21-11-20-17)22-12-23-19/h1-2,4,6-8,11-12,14H,3,5,9-10H2,(H,25,26)(H,20,21,22,23)/b8-7+/t14-/m1/s1. The van der Waals surface area contributed by atoms with E-state index in [0.717, 1.165) is 42.4 Å². The molecule has 4 rings (SSSR count). The van der Waals surface area contributed by atoms with Crippen molar-refractivity contribution in [3.05, 3.63) is 48.6 Å². The van der Waals surface area contributed by atoms with Crippen molar-refractivity contribution in [2.24, 2.45) is 0 Å². The number of rotatable bonds is 6. The number of hydrogen-bond donors (Lipinski definition) is 2. The number of aliphatic carboxylic acids is 1. The van der Waals surface area contributed by atoms with Gasteiger partial charge in [-0.25, -0.2) is 19.7 Å². The Hall–Kier alpha value is -3.42. The van der Waals surface area contributed by atoms with Crippen LogP contribution in [0.5, 0.6) is 5.75 Å². The first-order chi connectivity index (χ1) is 13.2. The van der Waals surface area contributed by atoms with Gasteiger partial charge in [-0.3, -0.25) is 0 Å². The van der Waals surface area contributed by atoms with Crippen LogP contribution in [-0.4, -0.2) is 50.2 Å². The molecule has 0 saturated carbocycles. The Kier molecular flexibility index (Phi) is 4.69. The molecule has 0 spiro atoms. The molecule has 0 radical (unpaired) electrons. The largest absolute Gasteiger partial charge is 0.491 e. The Morgan fingerprint density at radius 3 is 3.11 bits per heavy atom. The Morgan fingerprint density at radius 1 is 1.33 bits per heavy atom. The van der Waals surface area contributed by atoms with Gasteiger partial charge in [0.05, 0.1) is 12.4 Å². The van der Waals surface area contributed by atoms with E-state index < -0.39 is 5.97 Å². The lowest BCUT2D eigenvalue weighted by molar-refractivity contribution is -0.131. The summed E-state index contributed by atoms with van der Waals surface area (Å²) in [5.41, 5.74) is 2.22. The number of ether oxygens (including phenoxy) is 1. The summed E-state index contributed by atoms with van der Waals surface area (Å²) in [4.78, 5) is 28.9. The van der Waals surface area contributed by atoms with Crippen molar-refractivity contribution < 1.29 is 14.6 Å². The molecule has 2 aromatic heterocycles. The van der Waals surface area contributed by atoms with Crippen LogP contribution in [-0.2, 0) is 4.79 Å². The average molecular weight is 365 g/mol. The highest BCUT2D eigenvalue weighted by atomic mass is 16.5. The van der Waals surface area contributed by atoms with Crippen LogP contribution in [0.25, 0.3) is 17.2 Å². The lowest BCUT2D eigenvalue weighted by atomic mass is 10.2. The molecule has 0 bridgehead atoms. The highest BCUT2D eigenvalue weighted by molar-refractivity contribution is 5.86. The van der Waals surface area contributed by atoms with Gasteiger partial charge in [0.25, 0.3) is 0 Å². The number of benzene rings is 1. The third-order valence-corrected chi connectivity index (χ3v) is 4.61. The summed E-state index contributed by atoms with van der Waals surface area (Å²) in [5, 5.41) is 8.84. The summed E-state index contributed by atoms with van der Waals surface area (Å²) >= 11 is 0. The van der Waals surface area contributed by atoms with Crippen molar-refractivity contribution in [1.82, 2.24) is 19.9 Å². The maximum Gasteiger partial charge on any atom is 0.328 e. The van der Waals surface area contributed by atoms with Gasteiger partial charge < -0.3 is 19.7 Å². The fourth-order valence-electron chi connectivity index (χ4n) is 3.35. The van der Waals surface area contributed by atoms with E-state index in [1.165, 1.54) is 6.33 Å². The molecule has 1 aliphatic rings. The summed E-state index contributed by atoms with van der Waals surface area (Å²) in [6.45, 7) is 1.37. The molecular formula is C19H19N5O3. The molecule has 1 atom stereocenters. The van der Waals surface area contributed by atoms with Gasteiger partial charge in [0, 0.05) is 18.2 Å². The van der Waals surface area contributed by atoms with Gasteiger partial charge in [0.1, 0.15) is 24.2 Å². The van der Waals surface area contributed by atoms with Gasteiger partial charge >= 0.3 is 5.97 Å². The highest BCUT2D eigenvalue weighted by Gasteiger charge is 2.28. The van der Waals surface area contributed by atoms with Crippen LogP contribution in [0.2, 0.25) is 0 Å². The van der Waals surface area contributed by atoms with Crippen LogP contribution in [0, 0.1) is 0 Å². The van der Waals surface area contributed by atoms with Gasteiger partial charge in [-0.2, -0.15) is 0 Å². The van der Waals surface area contributed by atoms with Gasteiger partial charge in [-0.15, -0.1) is 0 Å². The van der Waals surface area contributed by atoms with Crippen LogP contribution in [0.15, 0.2) is 43.0 Å². The normalized spacial score (nSPS) is 17.0. The fourth-order valence-corrected chi connectivity index (χ4v) is 3.35. The molecule has 138 valence electrons. The van der Waals surface area contributed by atoms with E-state index in [2.05, 4.69) is 24.8 Å². The SMILES string of the molecule is O=C(O)/C=C/c1ccccc1OC[C@H]1CCCN1c1ncnc2nc[nH]c12. The number of imidazole rings is 1. The number of nitrogens with zero attached hydrogens (tertiary/aromatic N) is 4. The molecule has 0 aliphatic carbocycles. The van der Waals surface area contributed by atoms with Gasteiger partial charge in [-0.05, 0) is 25.0 Å². The summed E-state index contributed by atoms with van der Waals surface area (Å²) in [6, 6.07) is 7.57. The summed E-state index contributed by atoms with van der Waals surface area (Å²) in [7, 11) is 0. The lowest BCUT2D eigenvalue weighted by Gasteiger charge is -2.26. The third-order valence-electron chi connectivity index (χ3n) is 4.61. The first kappa shape index (κ1) is 17.0. The molecule has 3 heterocycles. The number of nitrogens with one attached hydrogen (secondary N) is 1. The maximum atomic E-state index is 10.8. The summed E-state index contributed by atoms with van der Waals surface area (Å²) < 4.78 is 6.04. The minimum Gasteiger partial charge on any atom is -0.491 e. The zero-order valence-electron chi connectivity index (χ0n) is 14.6. The molecule has 1 aliphatic heterocycles. The minimum atomic E-state index is -0.987. The zero-order valence-corrected chi connectivity index (χ0v) is 14.6. The molecule has 8 heteroatoms. The number of aromatic nitrogens is 4. The second kappa shape index (κ2) is 7.45. The van der Waals surface area contributed by atoms with Gasteiger partial charge in [0.15, 0.2) is 11.5 Å². The first-order valence-corrected chi connectivity index (χ1v) is 8.76. The van der Waals surface area contributed by atoms with Crippen molar-refractivity contribution in [2.75, 3.05) is 18.1 Å². The van der Waals surface area contributed by atoms with Gasteiger partial charge in [0.2, 0.25) is 0 Å². The quantitative estimate of drug-likeness (QED) is 0.647. The van der Waals surface area contributed by atoms with Crippen molar-refractivity contribution in [1.29, 1.82) is 0 Å². The Morgan fingerprint density at radius 2 is 2.22 bits per heavy atom. The summed E-state index contributed by atoms with van der Waals surface area (Å²) in [5.74, 6) is 0.512. The molecule has 2 N–H and O–H groups in total. The molecular weight excluding hydrogens is 346 g/mol. The van der Waals surface area contributed by atoms with E-state index in [1.54, 1.807) is 12.4 Å². The molecule has 27 heavy (non-hydrogen) atoms. The molecule has 3 aromatic rings. The molecule has 1 saturated heterocycles. The number of aromatic amines is 1. The Balaban J connectivity index is 1.52. The topological polar surface area (TPSA) is 104 Å². The molecule has 0 unspecified atom stereocenters. The minimum absolute atomic E-state index is 0.169. The van der Waals surface area contributed by atoms with E-state index in [-0.39, 0.29) is 6.04 Å². The van der Waals surface area contributed by atoms with Crippen molar-refractivity contribution in [3.63, 3.8) is 0 Å². The summed E-state index contributed by atoms with van der Waals surface area (Å²) in [6.07, 6.45) is 7.85. The number of para-hydroxylation sites is 1. The number of H-pyrrole nitrogens is 1. The molecule has 1 fully saturated rings.